The molecule has 1 rings (SSSR count). The average molecular weight is 489 g/mol. The Morgan fingerprint density at radius 3 is 2.19 bits per heavy atom. The Balaban J connectivity index is 2.54. The number of hydrogen-bond acceptors (Lipinski definition) is 4. The third-order valence-electron chi connectivity index (χ3n) is 1.96. The average Bonchev–Trinajstić information content (AvgIpc) is 2.33. The number of carbonyl (C=O) groups excluding carboxylic acids is 2. The molecule has 0 atom stereocenters. The molecule has 114 valence electrons. The lowest BCUT2D eigenvalue weighted by atomic mass is 10.3. The minimum absolute atomic E-state index is 0.440. The van der Waals surface area contributed by atoms with Crippen LogP contribution in [-0.2, 0) is 14.3 Å². The SMILES string of the molecule is O=C(O)COCC(=O)NC(=O)Nc1c(Br)cc(Br)cc1Br. The van der Waals surface area contributed by atoms with Crippen molar-refractivity contribution in [2.24, 2.45) is 0 Å². The molecule has 0 saturated heterocycles. The Labute approximate surface area is 144 Å². The van der Waals surface area contributed by atoms with Crippen LogP contribution in [0.1, 0.15) is 0 Å². The van der Waals surface area contributed by atoms with E-state index in [1.165, 1.54) is 0 Å². The summed E-state index contributed by atoms with van der Waals surface area (Å²) in [5, 5.41) is 12.8. The quantitative estimate of drug-likeness (QED) is 0.591. The molecule has 0 aromatic heterocycles. The van der Waals surface area contributed by atoms with Gasteiger partial charge in [-0.1, -0.05) is 15.9 Å². The van der Waals surface area contributed by atoms with Gasteiger partial charge in [0.2, 0.25) is 0 Å². The molecule has 0 radical (unpaired) electrons. The summed E-state index contributed by atoms with van der Waals surface area (Å²) in [6.07, 6.45) is 0. The normalized spacial score (nSPS) is 10.0. The molecule has 10 heteroatoms. The number of hydrogen-bond donors (Lipinski definition) is 3. The topological polar surface area (TPSA) is 105 Å². The number of imide groups is 1. The highest BCUT2D eigenvalue weighted by Gasteiger charge is 2.13. The van der Waals surface area contributed by atoms with Gasteiger partial charge in [0.25, 0.3) is 5.91 Å². The van der Waals surface area contributed by atoms with Gasteiger partial charge in [-0.25, -0.2) is 9.59 Å². The summed E-state index contributed by atoms with van der Waals surface area (Å²) >= 11 is 9.83. The molecule has 0 saturated carbocycles. The van der Waals surface area contributed by atoms with Gasteiger partial charge in [-0.05, 0) is 44.0 Å². The first-order valence-electron chi connectivity index (χ1n) is 5.34. The first-order valence-corrected chi connectivity index (χ1v) is 7.72. The van der Waals surface area contributed by atoms with Crippen molar-refractivity contribution in [2.45, 2.75) is 0 Å². The lowest BCUT2D eigenvalue weighted by Crippen LogP contribution is -2.37. The number of nitrogens with one attached hydrogen (secondary N) is 2. The Bertz CT molecular complexity index is 556. The van der Waals surface area contributed by atoms with Gasteiger partial charge < -0.3 is 15.2 Å². The van der Waals surface area contributed by atoms with Gasteiger partial charge in [0.1, 0.15) is 13.2 Å². The zero-order chi connectivity index (χ0) is 16.0. The Morgan fingerprint density at radius 2 is 1.67 bits per heavy atom. The predicted octanol–water partition coefficient (Wildman–Crippen LogP) is 2.72. The summed E-state index contributed by atoms with van der Waals surface area (Å²) in [5.74, 6) is -1.95. The van der Waals surface area contributed by atoms with Crippen LogP contribution in [0.15, 0.2) is 25.6 Å². The number of anilines is 1. The highest BCUT2D eigenvalue weighted by molar-refractivity contribution is 9.11. The third kappa shape index (κ3) is 6.55. The second kappa shape index (κ2) is 8.47. The van der Waals surface area contributed by atoms with Crippen LogP contribution in [0, 0.1) is 0 Å². The lowest BCUT2D eigenvalue weighted by Gasteiger charge is -2.11. The fraction of sp³-hybridized carbons (Fsp3) is 0.182. The lowest BCUT2D eigenvalue weighted by molar-refractivity contribution is -0.143. The maximum atomic E-state index is 11.6. The van der Waals surface area contributed by atoms with E-state index >= 15 is 0 Å². The molecule has 1 aromatic carbocycles. The van der Waals surface area contributed by atoms with E-state index in [4.69, 9.17) is 5.11 Å². The van der Waals surface area contributed by atoms with E-state index in [9.17, 15) is 14.4 Å². The predicted molar refractivity (Wildman–Crippen MR) is 85.2 cm³/mol. The van der Waals surface area contributed by atoms with E-state index in [0.29, 0.717) is 14.6 Å². The molecule has 3 N–H and O–H groups in total. The van der Waals surface area contributed by atoms with Crippen LogP contribution in [0.2, 0.25) is 0 Å². The molecule has 0 bridgehead atoms. The van der Waals surface area contributed by atoms with E-state index in [-0.39, 0.29) is 0 Å². The number of aliphatic carboxylic acids is 1. The molecular formula is C11H9Br3N2O5. The van der Waals surface area contributed by atoms with Crippen molar-refractivity contribution in [1.82, 2.24) is 5.32 Å². The van der Waals surface area contributed by atoms with Crippen LogP contribution in [0.25, 0.3) is 0 Å². The van der Waals surface area contributed by atoms with Gasteiger partial charge in [0.05, 0.1) is 5.69 Å². The number of amides is 3. The summed E-state index contributed by atoms with van der Waals surface area (Å²) in [6.45, 7) is -1.14. The van der Waals surface area contributed by atoms with Crippen LogP contribution >= 0.6 is 47.8 Å². The highest BCUT2D eigenvalue weighted by atomic mass is 79.9. The highest BCUT2D eigenvalue weighted by Crippen LogP contribution is 2.34. The van der Waals surface area contributed by atoms with Gasteiger partial charge in [-0.2, -0.15) is 0 Å². The van der Waals surface area contributed by atoms with Gasteiger partial charge in [0, 0.05) is 13.4 Å². The second-order valence-corrected chi connectivity index (χ2v) is 6.26. The number of benzene rings is 1. The minimum atomic E-state index is -1.20. The van der Waals surface area contributed by atoms with Crippen molar-refractivity contribution in [3.8, 4) is 0 Å². The fourth-order valence-electron chi connectivity index (χ4n) is 1.20. The largest absolute Gasteiger partial charge is 0.480 e. The molecule has 0 fully saturated rings. The number of halogens is 3. The first kappa shape index (κ1) is 18.1. The fourth-order valence-corrected chi connectivity index (χ4v) is 3.66. The van der Waals surface area contributed by atoms with E-state index in [1.807, 2.05) is 5.32 Å². The monoisotopic (exact) mass is 486 g/mol. The van der Waals surface area contributed by atoms with Crippen LogP contribution in [0.5, 0.6) is 0 Å². The smallest absolute Gasteiger partial charge is 0.329 e. The summed E-state index contributed by atoms with van der Waals surface area (Å²) in [5.41, 5.74) is 0.440. The zero-order valence-corrected chi connectivity index (χ0v) is 15.0. The third-order valence-corrected chi connectivity index (χ3v) is 3.67. The summed E-state index contributed by atoms with van der Waals surface area (Å²) in [7, 11) is 0. The number of carboxylic acids is 1. The maximum absolute atomic E-state index is 11.6. The zero-order valence-electron chi connectivity index (χ0n) is 10.3. The Hall–Kier alpha value is -0.970. The number of rotatable bonds is 5. The van der Waals surface area contributed by atoms with E-state index < -0.39 is 31.1 Å². The maximum Gasteiger partial charge on any atom is 0.329 e. The van der Waals surface area contributed by atoms with Crippen LogP contribution in [0.3, 0.4) is 0 Å². The number of urea groups is 1. The molecule has 1 aromatic rings. The second-order valence-electron chi connectivity index (χ2n) is 3.63. The van der Waals surface area contributed by atoms with Crippen LogP contribution < -0.4 is 10.6 Å². The van der Waals surface area contributed by atoms with E-state index in [2.05, 4.69) is 57.8 Å². The van der Waals surface area contributed by atoms with Gasteiger partial charge in [0.15, 0.2) is 0 Å². The molecule has 0 unspecified atom stereocenters. The van der Waals surface area contributed by atoms with Crippen LogP contribution in [-0.4, -0.2) is 36.2 Å². The number of carboxylic acid groups (broad SMARTS) is 1. The Kier molecular flexibility index (Phi) is 7.29. The van der Waals surface area contributed by atoms with Crippen molar-refractivity contribution in [3.05, 3.63) is 25.6 Å². The van der Waals surface area contributed by atoms with Crippen molar-refractivity contribution >= 4 is 71.4 Å². The molecular weight excluding hydrogens is 480 g/mol. The van der Waals surface area contributed by atoms with Crippen LogP contribution in [0.4, 0.5) is 10.5 Å². The first-order chi connectivity index (χ1) is 9.79. The summed E-state index contributed by atoms with van der Waals surface area (Å²) in [6, 6.07) is 2.68. The molecule has 21 heavy (non-hydrogen) atoms. The molecule has 0 spiro atoms. The summed E-state index contributed by atoms with van der Waals surface area (Å²) in [4.78, 5) is 33.2. The molecule has 7 nitrogen and oxygen atoms in total. The Morgan fingerprint density at radius 1 is 1.10 bits per heavy atom. The molecule has 0 aliphatic rings. The van der Waals surface area contributed by atoms with Crippen molar-refractivity contribution in [2.75, 3.05) is 18.5 Å². The van der Waals surface area contributed by atoms with Gasteiger partial charge in [-0.3, -0.25) is 10.1 Å². The van der Waals surface area contributed by atoms with Crippen molar-refractivity contribution < 1.29 is 24.2 Å². The van der Waals surface area contributed by atoms with Crippen molar-refractivity contribution in [1.29, 1.82) is 0 Å². The van der Waals surface area contributed by atoms with E-state index in [1.54, 1.807) is 12.1 Å². The number of ether oxygens (including phenoxy) is 1. The van der Waals surface area contributed by atoms with Crippen molar-refractivity contribution in [3.63, 3.8) is 0 Å². The number of carbonyl (C=O) groups is 3. The summed E-state index contributed by atoms with van der Waals surface area (Å²) < 4.78 is 6.56. The van der Waals surface area contributed by atoms with E-state index in [0.717, 1.165) is 4.47 Å². The standard InChI is InChI=1S/C11H9Br3N2O5/c12-5-1-6(13)10(7(14)2-5)16-11(20)15-8(17)3-21-4-9(18)19/h1-2H,3-4H2,(H,18,19)(H2,15,16,17,20). The molecule has 0 heterocycles. The van der Waals surface area contributed by atoms with Gasteiger partial charge in [-0.15, -0.1) is 0 Å². The van der Waals surface area contributed by atoms with Gasteiger partial charge >= 0.3 is 12.0 Å². The molecule has 0 aliphatic heterocycles. The molecule has 3 amide bonds. The molecule has 0 aliphatic carbocycles. The minimum Gasteiger partial charge on any atom is -0.480 e.